The van der Waals surface area contributed by atoms with E-state index in [-0.39, 0.29) is 24.0 Å². The topological polar surface area (TPSA) is 104 Å². The molecule has 10 heteroatoms. The number of halogens is 1. The van der Waals surface area contributed by atoms with Gasteiger partial charge in [-0.05, 0) is 31.0 Å². The van der Waals surface area contributed by atoms with Crippen LogP contribution in [0.3, 0.4) is 0 Å². The Hall–Kier alpha value is -4.91. The SMILES string of the molecule is CN(C(=O)c1cc2c(cc1F)nc(N)c1cncn12)[C@@H]1COc2cc(C#Cc3cnn(C4CC4)c3)ccc21. The molecule has 4 heterocycles. The summed E-state index contributed by atoms with van der Waals surface area (Å²) in [4.78, 5) is 23.3. The molecule has 0 spiro atoms. The van der Waals surface area contributed by atoms with Gasteiger partial charge in [-0.15, -0.1) is 0 Å². The number of nitrogens with two attached hydrogens (primary N) is 1. The van der Waals surface area contributed by atoms with E-state index in [1.807, 2.05) is 29.1 Å². The Morgan fingerprint density at radius 3 is 2.84 bits per heavy atom. The Kier molecular flexibility index (Phi) is 4.88. The number of hydrogen-bond acceptors (Lipinski definition) is 6. The van der Waals surface area contributed by atoms with Crippen molar-refractivity contribution in [3.8, 4) is 17.6 Å². The number of ether oxygens (including phenoxy) is 1. The minimum absolute atomic E-state index is 0.0655. The fourth-order valence-electron chi connectivity index (χ4n) is 4.87. The van der Waals surface area contributed by atoms with E-state index in [1.54, 1.807) is 30.2 Å². The summed E-state index contributed by atoms with van der Waals surface area (Å²) < 4.78 is 24.7. The van der Waals surface area contributed by atoms with Gasteiger partial charge in [0.25, 0.3) is 5.91 Å². The van der Waals surface area contributed by atoms with Crippen molar-refractivity contribution in [3.63, 3.8) is 0 Å². The molecule has 2 aromatic carbocycles. The lowest BCUT2D eigenvalue weighted by Gasteiger charge is -2.24. The summed E-state index contributed by atoms with van der Waals surface area (Å²) in [7, 11) is 1.65. The predicted octanol–water partition coefficient (Wildman–Crippen LogP) is 3.74. The first kappa shape index (κ1) is 22.3. The van der Waals surface area contributed by atoms with Gasteiger partial charge in [0.2, 0.25) is 0 Å². The molecule has 7 rings (SSSR count). The third-order valence-corrected chi connectivity index (χ3v) is 7.13. The quantitative estimate of drug-likeness (QED) is 0.373. The lowest BCUT2D eigenvalue weighted by Crippen LogP contribution is -2.32. The molecule has 1 amide bonds. The van der Waals surface area contributed by atoms with E-state index in [0.717, 1.165) is 16.7 Å². The number of nitrogen functional groups attached to an aromatic ring is 1. The van der Waals surface area contributed by atoms with Gasteiger partial charge in [0.15, 0.2) is 0 Å². The molecule has 2 N–H and O–H groups in total. The molecule has 0 bridgehead atoms. The Bertz CT molecular complexity index is 1830. The van der Waals surface area contributed by atoms with Gasteiger partial charge in [0, 0.05) is 30.4 Å². The van der Waals surface area contributed by atoms with Crippen LogP contribution in [0.25, 0.3) is 16.6 Å². The highest BCUT2D eigenvalue weighted by Gasteiger charge is 2.32. The van der Waals surface area contributed by atoms with Crippen LogP contribution in [-0.4, -0.2) is 48.6 Å². The zero-order chi connectivity index (χ0) is 26.0. The minimum atomic E-state index is -0.671. The molecular formula is C28H22FN7O2. The second-order valence-electron chi connectivity index (χ2n) is 9.65. The summed E-state index contributed by atoms with van der Waals surface area (Å²) in [5.41, 5.74) is 9.89. The van der Waals surface area contributed by atoms with Gasteiger partial charge >= 0.3 is 0 Å². The van der Waals surface area contributed by atoms with Crippen molar-refractivity contribution >= 4 is 28.3 Å². The van der Waals surface area contributed by atoms with E-state index in [2.05, 4.69) is 26.9 Å². The molecule has 3 aromatic heterocycles. The maximum absolute atomic E-state index is 15.1. The van der Waals surface area contributed by atoms with Crippen molar-refractivity contribution < 1.29 is 13.9 Å². The van der Waals surface area contributed by atoms with E-state index in [1.165, 1.54) is 29.9 Å². The molecule has 5 aromatic rings. The number of rotatable bonds is 3. The van der Waals surface area contributed by atoms with E-state index in [9.17, 15) is 4.79 Å². The highest BCUT2D eigenvalue weighted by Crippen LogP contribution is 2.37. The van der Waals surface area contributed by atoms with E-state index in [4.69, 9.17) is 10.5 Å². The largest absolute Gasteiger partial charge is 0.491 e. The summed E-state index contributed by atoms with van der Waals surface area (Å²) in [6, 6.07) is 8.54. The van der Waals surface area contributed by atoms with Crippen molar-refractivity contribution in [2.75, 3.05) is 19.4 Å². The summed E-state index contributed by atoms with van der Waals surface area (Å²) in [6.45, 7) is 0.266. The Labute approximate surface area is 216 Å². The van der Waals surface area contributed by atoms with Crippen molar-refractivity contribution in [2.24, 2.45) is 0 Å². The lowest BCUT2D eigenvalue weighted by molar-refractivity contribution is 0.0704. The predicted molar refractivity (Wildman–Crippen MR) is 138 cm³/mol. The first-order valence-electron chi connectivity index (χ1n) is 12.3. The number of nitrogens with zero attached hydrogens (tertiary/aromatic N) is 6. The molecule has 9 nitrogen and oxygen atoms in total. The van der Waals surface area contributed by atoms with Gasteiger partial charge in [-0.3, -0.25) is 13.9 Å². The van der Waals surface area contributed by atoms with Crippen molar-refractivity contribution in [1.29, 1.82) is 0 Å². The van der Waals surface area contributed by atoms with Crippen LogP contribution >= 0.6 is 0 Å². The van der Waals surface area contributed by atoms with Crippen LogP contribution in [-0.2, 0) is 0 Å². The number of aromatic nitrogens is 5. The number of benzene rings is 2. The number of anilines is 1. The molecule has 1 atom stereocenters. The van der Waals surface area contributed by atoms with Gasteiger partial charge in [0.1, 0.15) is 29.5 Å². The molecule has 1 fully saturated rings. The number of carbonyl (C=O) groups excluding carboxylic acids is 1. The molecule has 188 valence electrons. The van der Waals surface area contributed by atoms with Crippen molar-refractivity contribution in [1.82, 2.24) is 29.0 Å². The summed E-state index contributed by atoms with van der Waals surface area (Å²) in [5.74, 6) is 6.07. The first-order valence-corrected chi connectivity index (χ1v) is 12.3. The number of fused-ring (bicyclic) bond motifs is 4. The zero-order valence-electron chi connectivity index (χ0n) is 20.4. The number of carbonyl (C=O) groups is 1. The Balaban J connectivity index is 1.15. The molecule has 2 aliphatic rings. The normalized spacial score (nSPS) is 16.2. The third kappa shape index (κ3) is 3.63. The molecule has 1 aliphatic heterocycles. The zero-order valence-corrected chi connectivity index (χ0v) is 20.4. The van der Waals surface area contributed by atoms with Gasteiger partial charge in [0.05, 0.1) is 53.0 Å². The monoisotopic (exact) mass is 507 g/mol. The van der Waals surface area contributed by atoms with Crippen LogP contribution in [0.5, 0.6) is 5.75 Å². The molecule has 0 unspecified atom stereocenters. The van der Waals surface area contributed by atoms with Gasteiger partial charge in [-0.1, -0.05) is 17.9 Å². The Morgan fingerprint density at radius 2 is 2.00 bits per heavy atom. The maximum atomic E-state index is 15.1. The number of likely N-dealkylation sites (N-methyl/N-ethyl adjacent to an activating group) is 1. The molecule has 1 aliphatic carbocycles. The van der Waals surface area contributed by atoms with Crippen LogP contribution in [0, 0.1) is 17.7 Å². The van der Waals surface area contributed by atoms with E-state index < -0.39 is 11.7 Å². The number of hydrogen-bond donors (Lipinski definition) is 1. The summed E-state index contributed by atoms with van der Waals surface area (Å²) in [6.07, 6.45) is 9.23. The molecule has 1 saturated carbocycles. The highest BCUT2D eigenvalue weighted by molar-refractivity contribution is 5.98. The van der Waals surface area contributed by atoms with Crippen LogP contribution < -0.4 is 10.5 Å². The fraction of sp³-hybridized carbons (Fsp3) is 0.214. The Morgan fingerprint density at radius 1 is 1.16 bits per heavy atom. The van der Waals surface area contributed by atoms with E-state index in [0.29, 0.717) is 28.3 Å². The summed E-state index contributed by atoms with van der Waals surface area (Å²) in [5, 5.41) is 4.37. The first-order chi connectivity index (χ1) is 18.5. The van der Waals surface area contributed by atoms with Crippen molar-refractivity contribution in [2.45, 2.75) is 24.9 Å². The molecule has 0 radical (unpaired) electrons. The highest BCUT2D eigenvalue weighted by atomic mass is 19.1. The lowest BCUT2D eigenvalue weighted by atomic mass is 10.0. The number of amides is 1. The van der Waals surface area contributed by atoms with Gasteiger partial charge < -0.3 is 15.4 Å². The van der Waals surface area contributed by atoms with Crippen molar-refractivity contribution in [3.05, 3.63) is 83.3 Å². The molecule has 38 heavy (non-hydrogen) atoms. The van der Waals surface area contributed by atoms with Crippen LogP contribution in [0.1, 0.15) is 52.0 Å². The van der Waals surface area contributed by atoms with E-state index >= 15 is 4.39 Å². The fourth-order valence-corrected chi connectivity index (χ4v) is 4.87. The second-order valence-corrected chi connectivity index (χ2v) is 9.65. The molecule has 0 saturated heterocycles. The number of imidazole rings is 1. The van der Waals surface area contributed by atoms with Crippen LogP contribution in [0.15, 0.2) is 55.2 Å². The summed E-state index contributed by atoms with van der Waals surface area (Å²) >= 11 is 0. The maximum Gasteiger partial charge on any atom is 0.257 e. The standard InChI is InChI=1S/C28H22FN7O2/c1-34(28(37)20-9-23-22(10-21(20)29)33-27(30)24-12-31-15-35(23)24)25-14-38-26-8-16(4-7-19(25)26)2-3-17-11-32-36(13-17)18-5-6-18/h4,7-13,15,18,25H,5-6,14H2,1H3,(H2,30,33)/t25-/m1/s1. The third-order valence-electron chi connectivity index (χ3n) is 7.13. The van der Waals surface area contributed by atoms with Gasteiger partial charge in [-0.2, -0.15) is 5.10 Å². The second kappa shape index (κ2) is 8.31. The smallest absolute Gasteiger partial charge is 0.257 e. The van der Waals surface area contributed by atoms with Crippen LogP contribution in [0.2, 0.25) is 0 Å². The average Bonchev–Trinajstić information content (AvgIpc) is 3.30. The van der Waals surface area contributed by atoms with Gasteiger partial charge in [-0.25, -0.2) is 14.4 Å². The van der Waals surface area contributed by atoms with Crippen LogP contribution in [0.4, 0.5) is 10.2 Å². The average molecular weight is 508 g/mol. The molecular weight excluding hydrogens is 485 g/mol. The minimum Gasteiger partial charge on any atom is -0.491 e.